The van der Waals surface area contributed by atoms with Crippen LogP contribution in [0.25, 0.3) is 22.0 Å². The van der Waals surface area contributed by atoms with Gasteiger partial charge in [0.2, 0.25) is 11.8 Å². The van der Waals surface area contributed by atoms with Gasteiger partial charge < -0.3 is 24.5 Å². The molecule has 0 saturated carbocycles. The van der Waals surface area contributed by atoms with E-state index in [2.05, 4.69) is 57.8 Å². The van der Waals surface area contributed by atoms with Crippen LogP contribution in [0, 0.1) is 5.92 Å². The molecule has 3 saturated heterocycles. The topological polar surface area (TPSA) is 152 Å². The standard InChI is InChI=1S/C47H49F3N8O6/c48-47(49,50)64-34-8-5-32(6-9-34)38-29-57(18-2-17-52-43(60)39-3-1-16-51-39)40-11-4-31(25-36(38)40)28-54-19-14-30(15-20-54)27-55-21-23-56(24-22-55)33-7-10-35-37(26-33)46(63)58(45(35)62)41-12-13-42(59)53-44(41)61/h1,3-11,16,25-26,29-30,41,51H,2,12-15,17-24,27-28H2,(H,52,60)(H,53,59,61). The lowest BCUT2D eigenvalue weighted by atomic mass is 9.95. The summed E-state index contributed by atoms with van der Waals surface area (Å²) in [7, 11) is 0. The second kappa shape index (κ2) is 18.0. The molecule has 4 aliphatic rings. The first-order valence-corrected chi connectivity index (χ1v) is 21.8. The lowest BCUT2D eigenvalue weighted by Crippen LogP contribution is -2.54. The summed E-state index contributed by atoms with van der Waals surface area (Å²) in [6, 6.07) is 20.2. The van der Waals surface area contributed by atoms with Crippen molar-refractivity contribution >= 4 is 46.1 Å². The number of aromatic amines is 1. The van der Waals surface area contributed by atoms with Crippen molar-refractivity contribution in [3.05, 3.63) is 108 Å². The molecule has 334 valence electrons. The summed E-state index contributed by atoms with van der Waals surface area (Å²) in [4.78, 5) is 74.2. The molecule has 1 atom stereocenters. The van der Waals surface area contributed by atoms with Gasteiger partial charge in [-0.05, 0) is 110 Å². The molecule has 0 bridgehead atoms. The molecule has 5 amide bonds. The van der Waals surface area contributed by atoms with E-state index < -0.39 is 36.0 Å². The van der Waals surface area contributed by atoms with Gasteiger partial charge in [-0.2, -0.15) is 0 Å². The van der Waals surface area contributed by atoms with Crippen molar-refractivity contribution in [1.82, 2.24) is 34.9 Å². The number of likely N-dealkylation sites (tertiary alicyclic amines) is 1. The van der Waals surface area contributed by atoms with Crippen LogP contribution < -0.4 is 20.3 Å². The molecule has 3 fully saturated rings. The number of carbonyl (C=O) groups excluding carboxylic acids is 5. The van der Waals surface area contributed by atoms with Crippen LogP contribution >= 0.6 is 0 Å². The third kappa shape index (κ3) is 9.26. The first-order chi connectivity index (χ1) is 30.9. The van der Waals surface area contributed by atoms with Crippen LogP contribution in [0.15, 0.2) is 85.2 Å². The number of ether oxygens (including phenoxy) is 1. The molecule has 17 heteroatoms. The van der Waals surface area contributed by atoms with E-state index in [0.717, 1.165) is 103 Å². The molecule has 1 unspecified atom stereocenters. The normalized spacial score (nSPS) is 19.1. The highest BCUT2D eigenvalue weighted by molar-refractivity contribution is 6.23. The number of halogens is 3. The smallest absolute Gasteiger partial charge is 0.406 e. The summed E-state index contributed by atoms with van der Waals surface area (Å²) < 4.78 is 45.0. The van der Waals surface area contributed by atoms with Crippen LogP contribution in [0.5, 0.6) is 5.75 Å². The SMILES string of the molecule is O=C1CCC(N2C(=O)c3ccc(N4CCN(CC5CCN(Cc6ccc7c(c6)c(-c6ccc(OC(F)(F)F)cc6)cn7CCCNC(=O)c6ccc[nH]6)CC5)CC4)cc3C2=O)C(=O)N1. The number of fused-ring (bicyclic) bond motifs is 2. The van der Waals surface area contributed by atoms with E-state index in [1.54, 1.807) is 42.6 Å². The Hall–Kier alpha value is -6.46. The lowest BCUT2D eigenvalue weighted by Gasteiger charge is -2.39. The van der Waals surface area contributed by atoms with Gasteiger partial charge in [0, 0.05) is 93.3 Å². The minimum atomic E-state index is -4.78. The highest BCUT2D eigenvalue weighted by atomic mass is 19.4. The summed E-state index contributed by atoms with van der Waals surface area (Å²) in [5.41, 5.74) is 5.75. The first-order valence-electron chi connectivity index (χ1n) is 21.8. The Bertz CT molecular complexity index is 2560. The lowest BCUT2D eigenvalue weighted by molar-refractivity contribution is -0.274. The zero-order valence-electron chi connectivity index (χ0n) is 35.2. The van der Waals surface area contributed by atoms with Crippen LogP contribution in [0.1, 0.15) is 68.9 Å². The highest BCUT2D eigenvalue weighted by Gasteiger charge is 2.45. The van der Waals surface area contributed by atoms with Crippen molar-refractivity contribution in [2.75, 3.05) is 57.3 Å². The Morgan fingerprint density at radius 1 is 0.812 bits per heavy atom. The Balaban J connectivity index is 0.788. The number of aromatic nitrogens is 2. The zero-order chi connectivity index (χ0) is 44.5. The van der Waals surface area contributed by atoms with E-state index in [4.69, 9.17) is 0 Å². The number of alkyl halides is 3. The van der Waals surface area contributed by atoms with Crippen LogP contribution in [0.3, 0.4) is 0 Å². The van der Waals surface area contributed by atoms with Crippen molar-refractivity contribution < 1.29 is 41.9 Å². The number of piperazine rings is 1. The fraction of sp³-hybridized carbons (Fsp3) is 0.383. The maximum absolute atomic E-state index is 13.4. The maximum atomic E-state index is 13.4. The second-order valence-corrected chi connectivity index (χ2v) is 17.0. The van der Waals surface area contributed by atoms with Crippen molar-refractivity contribution in [1.29, 1.82) is 0 Å². The molecule has 2 aromatic heterocycles. The van der Waals surface area contributed by atoms with Gasteiger partial charge in [0.1, 0.15) is 17.5 Å². The monoisotopic (exact) mass is 878 g/mol. The van der Waals surface area contributed by atoms with E-state index in [9.17, 15) is 37.1 Å². The third-order valence-electron chi connectivity index (χ3n) is 12.8. The van der Waals surface area contributed by atoms with Crippen LogP contribution in [0.4, 0.5) is 18.9 Å². The quantitative estimate of drug-likeness (QED) is 0.0987. The number of piperidine rings is 2. The van der Waals surface area contributed by atoms with Crippen LogP contribution in [-0.4, -0.2) is 119 Å². The maximum Gasteiger partial charge on any atom is 0.573 e. The van der Waals surface area contributed by atoms with Crippen LogP contribution in [0.2, 0.25) is 0 Å². The summed E-state index contributed by atoms with van der Waals surface area (Å²) in [6.07, 6.45) is 1.96. The molecule has 64 heavy (non-hydrogen) atoms. The number of nitrogens with one attached hydrogen (secondary N) is 3. The molecule has 5 aromatic rings. The fourth-order valence-electron chi connectivity index (χ4n) is 9.51. The number of benzene rings is 3. The van der Waals surface area contributed by atoms with Crippen molar-refractivity contribution in [3.63, 3.8) is 0 Å². The number of hydrogen-bond donors (Lipinski definition) is 3. The molecule has 0 radical (unpaired) electrons. The minimum Gasteiger partial charge on any atom is -0.406 e. The number of hydrogen-bond acceptors (Lipinski definition) is 9. The van der Waals surface area contributed by atoms with Gasteiger partial charge in [0.15, 0.2) is 0 Å². The van der Waals surface area contributed by atoms with E-state index in [1.165, 1.54) is 12.1 Å². The Labute approximate surface area is 367 Å². The van der Waals surface area contributed by atoms with E-state index >= 15 is 0 Å². The second-order valence-electron chi connectivity index (χ2n) is 17.0. The molecule has 3 N–H and O–H groups in total. The first kappa shape index (κ1) is 42.8. The summed E-state index contributed by atoms with van der Waals surface area (Å²) in [6.45, 7) is 8.09. The molecule has 0 aliphatic carbocycles. The predicted octanol–water partition coefficient (Wildman–Crippen LogP) is 5.79. The van der Waals surface area contributed by atoms with Crippen molar-refractivity contribution in [2.24, 2.45) is 5.92 Å². The number of rotatable bonds is 13. The summed E-state index contributed by atoms with van der Waals surface area (Å²) in [5, 5.41) is 6.18. The molecular weight excluding hydrogens is 830 g/mol. The largest absolute Gasteiger partial charge is 0.573 e. The number of aryl methyl sites for hydroxylation is 1. The van der Waals surface area contributed by atoms with Crippen molar-refractivity contribution in [3.8, 4) is 16.9 Å². The Morgan fingerprint density at radius 3 is 2.30 bits per heavy atom. The van der Waals surface area contributed by atoms with Gasteiger partial charge in [-0.3, -0.25) is 44.0 Å². The van der Waals surface area contributed by atoms with E-state index in [1.807, 2.05) is 12.3 Å². The Kier molecular flexibility index (Phi) is 12.0. The van der Waals surface area contributed by atoms with Crippen molar-refractivity contribution in [2.45, 2.75) is 57.6 Å². The number of nitrogens with zero attached hydrogens (tertiary/aromatic N) is 5. The van der Waals surface area contributed by atoms with E-state index in [-0.39, 0.29) is 35.6 Å². The molecule has 0 spiro atoms. The van der Waals surface area contributed by atoms with Crippen LogP contribution in [-0.2, 0) is 22.7 Å². The van der Waals surface area contributed by atoms with Gasteiger partial charge >= 0.3 is 6.36 Å². The van der Waals surface area contributed by atoms with Gasteiger partial charge in [0.25, 0.3) is 17.7 Å². The molecular formula is C47H49F3N8O6. The Morgan fingerprint density at radius 2 is 1.58 bits per heavy atom. The average Bonchev–Trinajstić information content (AvgIpc) is 4.01. The van der Waals surface area contributed by atoms with Gasteiger partial charge in [-0.1, -0.05) is 18.2 Å². The number of carbonyl (C=O) groups is 5. The molecule has 4 aliphatic heterocycles. The van der Waals surface area contributed by atoms with Gasteiger partial charge in [-0.15, -0.1) is 13.2 Å². The van der Waals surface area contributed by atoms with Gasteiger partial charge in [0.05, 0.1) is 11.1 Å². The summed E-state index contributed by atoms with van der Waals surface area (Å²) >= 11 is 0. The minimum absolute atomic E-state index is 0.0759. The summed E-state index contributed by atoms with van der Waals surface area (Å²) in [5.74, 6) is -1.93. The zero-order valence-corrected chi connectivity index (χ0v) is 35.2. The average molecular weight is 879 g/mol. The molecule has 9 rings (SSSR count). The molecule has 3 aromatic carbocycles. The molecule has 14 nitrogen and oxygen atoms in total. The predicted molar refractivity (Wildman–Crippen MR) is 232 cm³/mol. The third-order valence-corrected chi connectivity index (χ3v) is 12.8. The number of amides is 5. The van der Waals surface area contributed by atoms with Gasteiger partial charge in [-0.25, -0.2) is 0 Å². The molecule has 6 heterocycles. The number of anilines is 1. The van der Waals surface area contributed by atoms with E-state index in [0.29, 0.717) is 31.1 Å². The number of H-pyrrole nitrogens is 1. The fourth-order valence-corrected chi connectivity index (χ4v) is 9.51. The number of imide groups is 2. The highest BCUT2D eigenvalue weighted by Crippen LogP contribution is 2.35.